The van der Waals surface area contributed by atoms with Crippen molar-refractivity contribution in [2.75, 3.05) is 0 Å². The Hall–Kier alpha value is -0.327. The number of pyridine rings is 1. The Balaban J connectivity index is 0.000000196. The zero-order chi connectivity index (χ0) is 29.9. The van der Waals surface area contributed by atoms with Crippen LogP contribution in [0.2, 0.25) is 0 Å². The molecule has 0 aliphatic heterocycles. The summed E-state index contributed by atoms with van der Waals surface area (Å²) >= 11 is -1.93. The van der Waals surface area contributed by atoms with Crippen molar-refractivity contribution in [1.29, 1.82) is 0 Å². The number of para-hydroxylation sites is 1. The van der Waals surface area contributed by atoms with E-state index < -0.39 is 13.5 Å². The molecule has 1 heterocycles. The van der Waals surface area contributed by atoms with Crippen molar-refractivity contribution in [3.8, 4) is 17.0 Å². The molecule has 0 atom stereocenters. The summed E-state index contributed by atoms with van der Waals surface area (Å²) in [5, 5.41) is 0. The summed E-state index contributed by atoms with van der Waals surface area (Å²) in [6.45, 7) is 8.39. The van der Waals surface area contributed by atoms with Gasteiger partial charge < -0.3 is 0 Å². The maximum absolute atomic E-state index is 6.13. The summed E-state index contributed by atoms with van der Waals surface area (Å²) < 4.78 is 10.3. The number of nitrogens with zero attached hydrogens (tertiary/aromatic N) is 1. The minimum absolute atomic E-state index is 0.0465. The maximum atomic E-state index is 6.13. The van der Waals surface area contributed by atoms with Crippen molar-refractivity contribution in [3.63, 3.8) is 0 Å². The van der Waals surface area contributed by atoms with Crippen LogP contribution in [-0.4, -0.2) is 27.7 Å². The molecule has 236 valence electrons. The van der Waals surface area contributed by atoms with Gasteiger partial charge in [-0.3, -0.25) is 0 Å². The molecule has 0 amide bonds. The summed E-state index contributed by atoms with van der Waals surface area (Å²) in [6, 6.07) is 12.7. The number of benzene rings is 1. The first kappa shape index (κ1) is 34.5. The Bertz CT molecular complexity index is 1070. The Morgan fingerprint density at radius 3 is 1.71 bits per heavy atom. The number of ether oxygens (including phenoxy) is 1. The fourth-order valence-electron chi connectivity index (χ4n) is 7.73. The molecule has 6 heteroatoms. The van der Waals surface area contributed by atoms with E-state index in [9.17, 15) is 0 Å². The van der Waals surface area contributed by atoms with Gasteiger partial charge in [-0.15, -0.1) is 0 Å². The van der Waals surface area contributed by atoms with Gasteiger partial charge in [-0.2, -0.15) is 0 Å². The van der Waals surface area contributed by atoms with Gasteiger partial charge in [0.05, 0.1) is 17.0 Å². The Kier molecular flexibility index (Phi) is 14.8. The van der Waals surface area contributed by atoms with E-state index in [-0.39, 0.29) is 14.0 Å². The molecule has 2 aromatic rings. The van der Waals surface area contributed by atoms with Crippen LogP contribution in [0.25, 0.3) is 11.3 Å². The van der Waals surface area contributed by atoms with Gasteiger partial charge in [-0.25, -0.2) is 0 Å². The van der Waals surface area contributed by atoms with E-state index in [1.54, 1.807) is 96.3 Å². The first-order chi connectivity index (χ1) is 20.3. The number of aromatic nitrogens is 1. The predicted octanol–water partition coefficient (Wildman–Crippen LogP) is 11.3. The van der Waals surface area contributed by atoms with Gasteiger partial charge in [0.1, 0.15) is 0 Å². The van der Waals surface area contributed by atoms with E-state index in [0.717, 1.165) is 22.6 Å². The Morgan fingerprint density at radius 2 is 1.26 bits per heavy atom. The third-order valence-electron chi connectivity index (χ3n) is 9.54. The van der Waals surface area contributed by atoms with Gasteiger partial charge in [-0.05, 0) is 77.0 Å². The van der Waals surface area contributed by atoms with Crippen molar-refractivity contribution >= 4 is 31.9 Å². The average Bonchev–Trinajstić information content (AvgIpc) is 3.00. The first-order valence-electron chi connectivity index (χ1n) is 16.8. The van der Waals surface area contributed by atoms with Crippen LogP contribution in [0.1, 0.15) is 136 Å². The van der Waals surface area contributed by atoms with Crippen LogP contribution in [0, 0.1) is 0 Å². The molecule has 1 aromatic carbocycles. The van der Waals surface area contributed by atoms with Crippen molar-refractivity contribution in [2.45, 2.75) is 153 Å². The fourth-order valence-corrected chi connectivity index (χ4v) is 14.7. The monoisotopic (exact) mass is 721 g/mol. The van der Waals surface area contributed by atoms with E-state index in [2.05, 4.69) is 36.7 Å². The normalized spacial score (nSPS) is 19.5. The van der Waals surface area contributed by atoms with Gasteiger partial charge in [0.2, 0.25) is 0 Å². The molecule has 42 heavy (non-hydrogen) atoms. The van der Waals surface area contributed by atoms with E-state index in [0.29, 0.717) is 6.04 Å². The van der Waals surface area contributed by atoms with E-state index in [1.165, 1.54) is 17.0 Å². The molecule has 3 saturated carbocycles. The van der Waals surface area contributed by atoms with Crippen LogP contribution in [-0.2, 0) is 13.5 Å². The van der Waals surface area contributed by atoms with Crippen LogP contribution in [0.3, 0.4) is 0 Å². The van der Waals surface area contributed by atoms with E-state index in [4.69, 9.17) is 24.1 Å². The summed E-state index contributed by atoms with van der Waals surface area (Å²) in [5.41, 5.74) is 6.83. The molecule has 2 nitrogen and oxygen atoms in total. The zero-order valence-corrected chi connectivity index (χ0v) is 30.8. The standard InChI is InChI=1S/C18H22NO.C18H33P.2ClH.Ru/c1-13(2)19-12-7-6-11-17(19)16-10-8-9-15(5)18(16)20-14(3)4;1-4-10-16(11-5-1)19(17-12-6-2-7-13-17)18-14-8-3-9-15-18;;;/h5-14H,1-4H3;16-18H,1-15H2;2*1H;/q+1;;;;+2/p-1. The molecule has 0 radical (unpaired) electrons. The zero-order valence-electron chi connectivity index (χ0n) is 26.6. The molecular weight excluding hydrogens is 665 g/mol. The second kappa shape index (κ2) is 18.0. The third kappa shape index (κ3) is 10.1. The second-order valence-corrected chi connectivity index (χ2v) is 22.5. The van der Waals surface area contributed by atoms with Gasteiger partial charge in [0.15, 0.2) is 0 Å². The summed E-state index contributed by atoms with van der Waals surface area (Å²) in [7, 11) is 12.1. The predicted molar refractivity (Wildman–Crippen MR) is 184 cm³/mol. The Morgan fingerprint density at radius 1 is 0.738 bits per heavy atom. The van der Waals surface area contributed by atoms with Gasteiger partial charge in [0, 0.05) is 7.92 Å². The van der Waals surface area contributed by atoms with Crippen LogP contribution in [0.4, 0.5) is 0 Å². The van der Waals surface area contributed by atoms with E-state index in [1.807, 2.05) is 42.7 Å². The molecule has 1 aromatic heterocycles. The first-order valence-corrected chi connectivity index (χ1v) is 24.1. The average molecular weight is 722 g/mol. The van der Waals surface area contributed by atoms with Crippen LogP contribution >= 0.6 is 27.3 Å². The minimum atomic E-state index is -1.93. The molecule has 0 N–H and O–H groups in total. The van der Waals surface area contributed by atoms with Gasteiger partial charge >= 0.3 is 152 Å². The van der Waals surface area contributed by atoms with Crippen LogP contribution < -0.4 is 9.30 Å². The molecular formula is C36H56Cl2NOPRu+2. The molecule has 0 saturated heterocycles. The third-order valence-corrected chi connectivity index (χ3v) is 15.9. The molecule has 3 aliphatic rings. The molecule has 0 bridgehead atoms. The number of halogens is 2. The number of hydrogen-bond acceptors (Lipinski definition) is 1. The molecule has 0 spiro atoms. The van der Waals surface area contributed by atoms with Crippen LogP contribution in [0.15, 0.2) is 42.6 Å². The molecule has 3 aliphatic carbocycles. The van der Waals surface area contributed by atoms with Crippen molar-refractivity contribution in [3.05, 3.63) is 48.2 Å². The van der Waals surface area contributed by atoms with Crippen LogP contribution in [0.5, 0.6) is 5.75 Å². The van der Waals surface area contributed by atoms with Gasteiger partial charge in [0.25, 0.3) is 0 Å². The van der Waals surface area contributed by atoms with E-state index >= 15 is 0 Å². The molecule has 3 fully saturated rings. The van der Waals surface area contributed by atoms with Gasteiger partial charge in [-0.1, -0.05) is 19.3 Å². The number of rotatable bonds is 8. The summed E-state index contributed by atoms with van der Waals surface area (Å²) in [6.07, 6.45) is 26.0. The number of hydrogen-bond donors (Lipinski definition) is 0. The van der Waals surface area contributed by atoms with Crippen molar-refractivity contribution in [2.24, 2.45) is 0 Å². The van der Waals surface area contributed by atoms with Crippen molar-refractivity contribution in [1.82, 2.24) is 0 Å². The fraction of sp³-hybridized carbons (Fsp3) is 0.667. The summed E-state index contributed by atoms with van der Waals surface area (Å²) in [4.78, 5) is 0. The van der Waals surface area contributed by atoms with Crippen molar-refractivity contribution < 1.29 is 22.8 Å². The second-order valence-electron chi connectivity index (χ2n) is 13.3. The quantitative estimate of drug-likeness (QED) is 0.150. The summed E-state index contributed by atoms with van der Waals surface area (Å²) in [5.74, 6) is 0.850. The Labute approximate surface area is 271 Å². The SMILES string of the molecule is C1CCC([PH+](C2CCCCC2)C2CCCCC2)CC1.CC(C)Oc1c([CH]=[Ru]([Cl])[Cl])cccc1-c1cccc[n+]1C(C)C. The molecule has 5 rings (SSSR count). The molecule has 0 unspecified atom stereocenters. The topological polar surface area (TPSA) is 13.1 Å².